The first-order valence-electron chi connectivity index (χ1n) is 8.91. The Morgan fingerprint density at radius 3 is 2.54 bits per heavy atom. The van der Waals surface area contributed by atoms with Crippen molar-refractivity contribution in [1.29, 1.82) is 0 Å². The van der Waals surface area contributed by atoms with E-state index in [1.54, 1.807) is 24.3 Å². The van der Waals surface area contributed by atoms with Crippen LogP contribution in [0.2, 0.25) is 0 Å². The molecule has 28 heavy (non-hydrogen) atoms. The molecule has 2 aromatic carbocycles. The molecule has 2 heterocycles. The monoisotopic (exact) mass is 396 g/mol. The van der Waals surface area contributed by atoms with Crippen molar-refractivity contribution in [3.63, 3.8) is 0 Å². The molecule has 3 atom stereocenters. The maximum absolute atomic E-state index is 12.4. The van der Waals surface area contributed by atoms with Crippen LogP contribution in [-0.4, -0.2) is 28.8 Å². The number of carbonyl (C=O) groups excluding carboxylic acids is 1. The highest BCUT2D eigenvalue weighted by molar-refractivity contribution is 7.12. The number of benzene rings is 2. The van der Waals surface area contributed by atoms with Crippen molar-refractivity contribution in [3.05, 3.63) is 82.0 Å². The summed E-state index contributed by atoms with van der Waals surface area (Å²) < 4.78 is 5.68. The minimum absolute atomic E-state index is 0.102. The lowest BCUT2D eigenvalue weighted by atomic mass is 10.1. The van der Waals surface area contributed by atoms with Crippen LogP contribution in [0.5, 0.6) is 5.75 Å². The van der Waals surface area contributed by atoms with Gasteiger partial charge in [0.2, 0.25) is 5.91 Å². The van der Waals surface area contributed by atoms with E-state index in [4.69, 9.17) is 4.74 Å². The smallest absolute Gasteiger partial charge is 0.245 e. The zero-order valence-corrected chi connectivity index (χ0v) is 15.7. The number of amides is 1. The molecule has 7 heteroatoms. The molecule has 144 valence electrons. The average Bonchev–Trinajstić information content (AvgIpc) is 3.16. The summed E-state index contributed by atoms with van der Waals surface area (Å²) in [6.45, 7) is 0.102. The minimum Gasteiger partial charge on any atom is -0.489 e. The van der Waals surface area contributed by atoms with Crippen LogP contribution in [0.4, 0.5) is 5.69 Å². The minimum atomic E-state index is -1.05. The van der Waals surface area contributed by atoms with Crippen LogP contribution in [0.3, 0.4) is 0 Å². The van der Waals surface area contributed by atoms with Crippen LogP contribution < -0.4 is 15.4 Å². The van der Waals surface area contributed by atoms with Gasteiger partial charge in [0.15, 0.2) is 0 Å². The van der Waals surface area contributed by atoms with E-state index in [0.29, 0.717) is 16.3 Å². The molecule has 0 aliphatic carbocycles. The lowest BCUT2D eigenvalue weighted by Crippen LogP contribution is -2.45. The summed E-state index contributed by atoms with van der Waals surface area (Å²) in [4.78, 5) is 13.8. The predicted molar refractivity (Wildman–Crippen MR) is 107 cm³/mol. The molecule has 0 spiro atoms. The fourth-order valence-electron chi connectivity index (χ4n) is 3.02. The van der Waals surface area contributed by atoms with Crippen LogP contribution in [0, 0.1) is 0 Å². The molecule has 6 nitrogen and oxygen atoms in total. The van der Waals surface area contributed by atoms with E-state index in [0.717, 1.165) is 10.4 Å². The van der Waals surface area contributed by atoms with Gasteiger partial charge in [0.25, 0.3) is 0 Å². The Balaban J connectivity index is 1.44. The predicted octanol–water partition coefficient (Wildman–Crippen LogP) is 2.81. The number of aliphatic hydroxyl groups excluding tert-OH is 2. The van der Waals surface area contributed by atoms with Crippen molar-refractivity contribution in [2.45, 2.75) is 18.4 Å². The second-order valence-corrected chi connectivity index (χ2v) is 7.62. The van der Waals surface area contributed by atoms with Crippen molar-refractivity contribution in [1.82, 2.24) is 5.32 Å². The van der Waals surface area contributed by atoms with E-state index in [1.165, 1.54) is 11.3 Å². The number of rotatable bonds is 5. The maximum Gasteiger partial charge on any atom is 0.245 e. The number of thiophene rings is 1. The lowest BCUT2D eigenvalue weighted by Gasteiger charge is -2.18. The third kappa shape index (κ3) is 3.93. The molecule has 0 fully saturated rings. The largest absolute Gasteiger partial charge is 0.489 e. The number of hydrogen-bond acceptors (Lipinski definition) is 6. The summed E-state index contributed by atoms with van der Waals surface area (Å²) in [5.74, 6) is 0.323. The van der Waals surface area contributed by atoms with Crippen LogP contribution >= 0.6 is 11.3 Å². The Bertz CT molecular complexity index is 960. The van der Waals surface area contributed by atoms with Crippen LogP contribution in [0.25, 0.3) is 0 Å². The number of fused-ring (bicyclic) bond motifs is 1. The first-order valence-corrected chi connectivity index (χ1v) is 9.73. The molecular weight excluding hydrogens is 376 g/mol. The zero-order chi connectivity index (χ0) is 19.5. The summed E-state index contributed by atoms with van der Waals surface area (Å²) in [5.41, 5.74) is 1.39. The SMILES string of the molecule is O=C1Nc2ccccc2OCC1NC(O)c1ccc(C(O)c2ccccc2)s1. The van der Waals surface area contributed by atoms with Crippen molar-refractivity contribution < 1.29 is 19.7 Å². The molecule has 1 aliphatic rings. The van der Waals surface area contributed by atoms with Gasteiger partial charge in [-0.1, -0.05) is 42.5 Å². The van der Waals surface area contributed by atoms with Gasteiger partial charge < -0.3 is 20.3 Å². The Labute approximate surface area is 166 Å². The fraction of sp³-hybridized carbons (Fsp3) is 0.190. The molecule has 4 rings (SSSR count). The topological polar surface area (TPSA) is 90.8 Å². The number of nitrogens with one attached hydrogen (secondary N) is 2. The van der Waals surface area contributed by atoms with Gasteiger partial charge in [-0.15, -0.1) is 11.3 Å². The van der Waals surface area contributed by atoms with Gasteiger partial charge in [0.1, 0.15) is 30.7 Å². The van der Waals surface area contributed by atoms with E-state index in [2.05, 4.69) is 10.6 Å². The zero-order valence-electron chi connectivity index (χ0n) is 14.9. The quantitative estimate of drug-likeness (QED) is 0.498. The summed E-state index contributed by atoms with van der Waals surface area (Å²) in [6.07, 6.45) is -1.81. The Kier molecular flexibility index (Phi) is 5.40. The highest BCUT2D eigenvalue weighted by Gasteiger charge is 2.27. The molecule has 3 aromatic rings. The van der Waals surface area contributed by atoms with E-state index >= 15 is 0 Å². The molecular formula is C21H20N2O4S. The standard InChI is InChI=1S/C21H20N2O4S/c24-19(13-6-2-1-3-7-13)17-10-11-18(28-17)21(26)23-15-12-27-16-9-5-4-8-14(16)22-20(15)25/h1-11,15,19,21,23-24,26H,12H2,(H,22,25). The molecule has 4 N–H and O–H groups in total. The molecule has 1 aliphatic heterocycles. The Morgan fingerprint density at radius 1 is 1.00 bits per heavy atom. The summed E-state index contributed by atoms with van der Waals surface area (Å²) in [7, 11) is 0. The van der Waals surface area contributed by atoms with Crippen LogP contribution in [-0.2, 0) is 4.79 Å². The number of anilines is 1. The van der Waals surface area contributed by atoms with Gasteiger partial charge in [-0.2, -0.15) is 0 Å². The van der Waals surface area contributed by atoms with Crippen LogP contribution in [0.1, 0.15) is 27.6 Å². The van der Waals surface area contributed by atoms with E-state index < -0.39 is 18.4 Å². The molecule has 0 radical (unpaired) electrons. The van der Waals surface area contributed by atoms with E-state index in [9.17, 15) is 15.0 Å². The summed E-state index contributed by atoms with van der Waals surface area (Å²) in [5, 5.41) is 26.8. The summed E-state index contributed by atoms with van der Waals surface area (Å²) in [6, 6.07) is 19.3. The second-order valence-electron chi connectivity index (χ2n) is 6.47. The van der Waals surface area contributed by atoms with Gasteiger partial charge in [-0.3, -0.25) is 10.1 Å². The normalized spacial score (nSPS) is 18.4. The average molecular weight is 396 g/mol. The highest BCUT2D eigenvalue weighted by atomic mass is 32.1. The Morgan fingerprint density at radius 2 is 1.71 bits per heavy atom. The molecule has 1 amide bonds. The number of hydrogen-bond donors (Lipinski definition) is 4. The van der Waals surface area contributed by atoms with Crippen molar-refractivity contribution in [3.8, 4) is 5.75 Å². The van der Waals surface area contributed by atoms with Gasteiger partial charge >= 0.3 is 0 Å². The van der Waals surface area contributed by atoms with E-state index in [-0.39, 0.29) is 12.5 Å². The van der Waals surface area contributed by atoms with Crippen molar-refractivity contribution in [2.75, 3.05) is 11.9 Å². The van der Waals surface area contributed by atoms with Gasteiger partial charge in [-0.05, 0) is 29.8 Å². The van der Waals surface area contributed by atoms with Gasteiger partial charge in [-0.25, -0.2) is 0 Å². The van der Waals surface area contributed by atoms with E-state index in [1.807, 2.05) is 42.5 Å². The number of carbonyl (C=O) groups is 1. The maximum atomic E-state index is 12.4. The Hall–Kier alpha value is -2.71. The molecule has 0 saturated carbocycles. The third-order valence-electron chi connectivity index (χ3n) is 4.53. The van der Waals surface area contributed by atoms with Crippen molar-refractivity contribution >= 4 is 22.9 Å². The van der Waals surface area contributed by atoms with Gasteiger partial charge in [0, 0.05) is 9.75 Å². The fourth-order valence-corrected chi connectivity index (χ4v) is 3.99. The first kappa shape index (κ1) is 18.6. The highest BCUT2D eigenvalue weighted by Crippen LogP contribution is 2.31. The molecule has 3 unspecified atom stereocenters. The number of aliphatic hydroxyl groups is 2. The number of para-hydroxylation sites is 2. The molecule has 0 saturated heterocycles. The van der Waals surface area contributed by atoms with Crippen molar-refractivity contribution in [2.24, 2.45) is 0 Å². The summed E-state index contributed by atoms with van der Waals surface area (Å²) >= 11 is 1.29. The molecule has 0 bridgehead atoms. The lowest BCUT2D eigenvalue weighted by molar-refractivity contribution is -0.119. The third-order valence-corrected chi connectivity index (χ3v) is 5.72. The second kappa shape index (κ2) is 8.12. The number of ether oxygens (including phenoxy) is 1. The first-order chi connectivity index (χ1) is 13.6. The van der Waals surface area contributed by atoms with Crippen LogP contribution in [0.15, 0.2) is 66.7 Å². The van der Waals surface area contributed by atoms with Gasteiger partial charge in [0.05, 0.1) is 5.69 Å². The molecule has 1 aromatic heterocycles.